The van der Waals surface area contributed by atoms with Crippen LogP contribution in [0.25, 0.3) is 0 Å². The fraction of sp³-hybridized carbons (Fsp3) is 0.562. The molecule has 3 nitrogen and oxygen atoms in total. The first-order chi connectivity index (χ1) is 9.34. The summed E-state index contributed by atoms with van der Waals surface area (Å²) in [5.74, 6) is 0.330. The molecule has 2 saturated heterocycles. The summed E-state index contributed by atoms with van der Waals surface area (Å²) < 4.78 is 0. The Labute approximate surface area is 115 Å². The molecule has 2 heterocycles. The molecule has 0 aliphatic carbocycles. The third-order valence-corrected chi connectivity index (χ3v) is 4.33. The Balaban J connectivity index is 1.66. The van der Waals surface area contributed by atoms with E-state index in [0.29, 0.717) is 11.9 Å². The largest absolute Gasteiger partial charge is 0.338 e. The first-order valence-corrected chi connectivity index (χ1v) is 7.42. The van der Waals surface area contributed by atoms with Crippen LogP contribution < -0.4 is 5.32 Å². The third-order valence-electron chi connectivity index (χ3n) is 4.33. The van der Waals surface area contributed by atoms with Gasteiger partial charge in [-0.2, -0.15) is 0 Å². The molecule has 3 rings (SSSR count). The van der Waals surface area contributed by atoms with Gasteiger partial charge in [0.2, 0.25) is 5.91 Å². The summed E-state index contributed by atoms with van der Waals surface area (Å²) in [6.45, 7) is 1.93. The van der Waals surface area contributed by atoms with Gasteiger partial charge in [-0.1, -0.05) is 30.3 Å². The number of nitrogens with one attached hydrogen (secondary N) is 1. The number of nitrogens with zero attached hydrogens (tertiary/aromatic N) is 1. The predicted molar refractivity (Wildman–Crippen MR) is 75.9 cm³/mol. The molecule has 1 aromatic rings. The Hall–Kier alpha value is -1.35. The number of hydrogen-bond donors (Lipinski definition) is 1. The summed E-state index contributed by atoms with van der Waals surface area (Å²) in [5.41, 5.74) is 1.34. The molecule has 1 amide bonds. The molecule has 19 heavy (non-hydrogen) atoms. The maximum atomic E-state index is 12.5. The van der Waals surface area contributed by atoms with Crippen LogP contribution in [0.3, 0.4) is 0 Å². The van der Waals surface area contributed by atoms with Gasteiger partial charge >= 0.3 is 0 Å². The summed E-state index contributed by atoms with van der Waals surface area (Å²) in [6.07, 6.45) is 5.43. The molecular weight excluding hydrogens is 236 g/mol. The minimum atomic E-state index is 0.0800. The number of amides is 1. The quantitative estimate of drug-likeness (QED) is 0.899. The van der Waals surface area contributed by atoms with Crippen molar-refractivity contribution in [3.63, 3.8) is 0 Å². The van der Waals surface area contributed by atoms with Crippen LogP contribution in [0.2, 0.25) is 0 Å². The van der Waals surface area contributed by atoms with Crippen molar-refractivity contribution in [2.75, 3.05) is 13.1 Å². The van der Waals surface area contributed by atoms with E-state index in [-0.39, 0.29) is 6.04 Å². The van der Waals surface area contributed by atoms with Crippen molar-refractivity contribution >= 4 is 5.91 Å². The van der Waals surface area contributed by atoms with E-state index in [1.807, 2.05) is 6.07 Å². The van der Waals surface area contributed by atoms with E-state index in [1.54, 1.807) is 0 Å². The molecule has 0 aromatic heterocycles. The van der Waals surface area contributed by atoms with Crippen molar-refractivity contribution in [1.82, 2.24) is 10.2 Å². The molecule has 2 atom stereocenters. The second-order valence-corrected chi connectivity index (χ2v) is 5.67. The van der Waals surface area contributed by atoms with Gasteiger partial charge in [0.15, 0.2) is 0 Å². The maximum absolute atomic E-state index is 12.5. The average Bonchev–Trinajstić information content (AvgIpc) is 3.10. The van der Waals surface area contributed by atoms with Crippen LogP contribution >= 0.6 is 0 Å². The van der Waals surface area contributed by atoms with Crippen LogP contribution in [-0.4, -0.2) is 36.0 Å². The monoisotopic (exact) mass is 258 g/mol. The lowest BCUT2D eigenvalue weighted by Gasteiger charge is -2.27. The van der Waals surface area contributed by atoms with Gasteiger partial charge < -0.3 is 10.2 Å². The fourth-order valence-electron chi connectivity index (χ4n) is 3.32. The van der Waals surface area contributed by atoms with Crippen LogP contribution in [0, 0.1) is 0 Å². The lowest BCUT2D eigenvalue weighted by molar-refractivity contribution is -0.133. The molecule has 102 valence electrons. The lowest BCUT2D eigenvalue weighted by Crippen LogP contribution is -2.46. The highest BCUT2D eigenvalue weighted by Gasteiger charge is 2.33. The fourth-order valence-corrected chi connectivity index (χ4v) is 3.32. The molecular formula is C16H22N2O. The van der Waals surface area contributed by atoms with Gasteiger partial charge in [0, 0.05) is 12.6 Å². The molecule has 2 fully saturated rings. The Morgan fingerprint density at radius 2 is 2.05 bits per heavy atom. The van der Waals surface area contributed by atoms with Crippen molar-refractivity contribution in [3.05, 3.63) is 35.9 Å². The summed E-state index contributed by atoms with van der Waals surface area (Å²) >= 11 is 0. The Bertz CT molecular complexity index is 426. The van der Waals surface area contributed by atoms with Gasteiger partial charge in [-0.15, -0.1) is 0 Å². The molecule has 0 unspecified atom stereocenters. The highest BCUT2D eigenvalue weighted by molar-refractivity contribution is 5.82. The maximum Gasteiger partial charge on any atom is 0.239 e. The number of carbonyl (C=O) groups is 1. The average molecular weight is 258 g/mol. The second kappa shape index (κ2) is 5.74. The van der Waals surface area contributed by atoms with Gasteiger partial charge in [-0.3, -0.25) is 4.79 Å². The number of carbonyl (C=O) groups excluding carboxylic acids is 1. The zero-order chi connectivity index (χ0) is 13.1. The third kappa shape index (κ3) is 2.81. The molecule has 0 bridgehead atoms. The predicted octanol–water partition coefficient (Wildman–Crippen LogP) is 1.97. The first-order valence-electron chi connectivity index (χ1n) is 7.42. The highest BCUT2D eigenvalue weighted by atomic mass is 16.2. The van der Waals surface area contributed by atoms with Crippen LogP contribution in [0.4, 0.5) is 0 Å². The van der Waals surface area contributed by atoms with Crippen LogP contribution in [0.1, 0.15) is 31.2 Å². The smallest absolute Gasteiger partial charge is 0.239 e. The van der Waals surface area contributed by atoms with E-state index in [0.717, 1.165) is 45.2 Å². The molecule has 1 aromatic carbocycles. The summed E-state index contributed by atoms with van der Waals surface area (Å²) in [5, 5.41) is 3.33. The Morgan fingerprint density at radius 3 is 2.79 bits per heavy atom. The zero-order valence-electron chi connectivity index (χ0n) is 11.3. The van der Waals surface area contributed by atoms with Crippen molar-refractivity contribution in [2.24, 2.45) is 0 Å². The molecule has 3 heteroatoms. The van der Waals surface area contributed by atoms with Crippen molar-refractivity contribution in [1.29, 1.82) is 0 Å². The summed E-state index contributed by atoms with van der Waals surface area (Å²) in [6, 6.07) is 11.0. The van der Waals surface area contributed by atoms with E-state index in [1.165, 1.54) is 5.56 Å². The van der Waals surface area contributed by atoms with Crippen LogP contribution in [-0.2, 0) is 11.2 Å². The highest BCUT2D eigenvalue weighted by Crippen LogP contribution is 2.23. The lowest BCUT2D eigenvalue weighted by atomic mass is 10.0. The van der Waals surface area contributed by atoms with Gasteiger partial charge in [0.05, 0.1) is 6.04 Å². The zero-order valence-corrected chi connectivity index (χ0v) is 11.3. The van der Waals surface area contributed by atoms with Gasteiger partial charge in [-0.25, -0.2) is 0 Å². The van der Waals surface area contributed by atoms with Gasteiger partial charge in [0.1, 0.15) is 0 Å². The minimum Gasteiger partial charge on any atom is -0.338 e. The standard InChI is InChI=1S/C16H22N2O/c19-16(15-9-4-10-17-15)18-11-5-8-14(18)12-13-6-2-1-3-7-13/h1-3,6-7,14-15,17H,4-5,8-12H2/t14-,15-/m0/s1. The van der Waals surface area contributed by atoms with Crippen molar-refractivity contribution in [3.8, 4) is 0 Å². The molecule has 2 aliphatic rings. The molecule has 0 saturated carbocycles. The van der Waals surface area contributed by atoms with E-state index < -0.39 is 0 Å². The van der Waals surface area contributed by atoms with Crippen molar-refractivity contribution in [2.45, 2.75) is 44.2 Å². The van der Waals surface area contributed by atoms with E-state index in [9.17, 15) is 4.79 Å². The van der Waals surface area contributed by atoms with Gasteiger partial charge in [0.25, 0.3) is 0 Å². The SMILES string of the molecule is O=C([C@@H]1CCCN1)N1CCC[C@H]1Cc1ccccc1. The molecule has 1 N–H and O–H groups in total. The van der Waals surface area contributed by atoms with Gasteiger partial charge in [-0.05, 0) is 44.2 Å². The number of rotatable bonds is 3. The van der Waals surface area contributed by atoms with Crippen LogP contribution in [0.15, 0.2) is 30.3 Å². The normalized spacial score (nSPS) is 26.8. The number of hydrogen-bond acceptors (Lipinski definition) is 2. The number of benzene rings is 1. The Morgan fingerprint density at radius 1 is 1.21 bits per heavy atom. The van der Waals surface area contributed by atoms with Crippen LogP contribution in [0.5, 0.6) is 0 Å². The Kier molecular flexibility index (Phi) is 3.83. The topological polar surface area (TPSA) is 32.3 Å². The van der Waals surface area contributed by atoms with E-state index in [4.69, 9.17) is 0 Å². The molecule has 0 spiro atoms. The van der Waals surface area contributed by atoms with Crippen molar-refractivity contribution < 1.29 is 4.79 Å². The number of likely N-dealkylation sites (tertiary alicyclic amines) is 1. The molecule has 2 aliphatic heterocycles. The minimum absolute atomic E-state index is 0.0800. The molecule has 0 radical (unpaired) electrons. The van der Waals surface area contributed by atoms with E-state index in [2.05, 4.69) is 34.5 Å². The summed E-state index contributed by atoms with van der Waals surface area (Å²) in [7, 11) is 0. The van der Waals surface area contributed by atoms with E-state index >= 15 is 0 Å². The summed E-state index contributed by atoms with van der Waals surface area (Å²) in [4.78, 5) is 14.6. The first kappa shape index (κ1) is 12.7. The second-order valence-electron chi connectivity index (χ2n) is 5.67.